The summed E-state index contributed by atoms with van der Waals surface area (Å²) in [5, 5.41) is 2.86. The molecule has 0 saturated carbocycles. The van der Waals surface area contributed by atoms with Gasteiger partial charge in [0.25, 0.3) is 0 Å². The maximum atomic E-state index is 13.3. The molecular weight excluding hydrogens is 307 g/mol. The van der Waals surface area contributed by atoms with Crippen molar-refractivity contribution >= 4 is 6.03 Å². The Bertz CT molecular complexity index is 718. The highest BCUT2D eigenvalue weighted by Crippen LogP contribution is 2.28. The minimum atomic E-state index is -0.244. The standard InChI is InChI=1S/C19H23FN2O2/c1-13-11-15(9-10-17(13)20)12-21-19(23)22(3)14(2)16-7-5-6-8-18(16)24-4/h5-11,14H,12H2,1-4H3,(H,21,23). The minimum Gasteiger partial charge on any atom is -0.496 e. The normalized spacial score (nSPS) is 11.7. The Balaban J connectivity index is 2.02. The number of carbonyl (C=O) groups is 1. The monoisotopic (exact) mass is 330 g/mol. The lowest BCUT2D eigenvalue weighted by Gasteiger charge is -2.26. The number of rotatable bonds is 5. The number of nitrogens with one attached hydrogen (secondary N) is 1. The first kappa shape index (κ1) is 17.8. The first-order valence-corrected chi connectivity index (χ1v) is 7.82. The fraction of sp³-hybridized carbons (Fsp3) is 0.316. The van der Waals surface area contributed by atoms with Gasteiger partial charge >= 0.3 is 6.03 Å². The zero-order valence-corrected chi connectivity index (χ0v) is 14.5. The molecule has 24 heavy (non-hydrogen) atoms. The van der Waals surface area contributed by atoms with Crippen molar-refractivity contribution < 1.29 is 13.9 Å². The number of carbonyl (C=O) groups excluding carboxylic acids is 1. The number of para-hydroxylation sites is 1. The predicted molar refractivity (Wildman–Crippen MR) is 92.5 cm³/mol. The second-order valence-electron chi connectivity index (χ2n) is 5.77. The largest absolute Gasteiger partial charge is 0.496 e. The van der Waals surface area contributed by atoms with Gasteiger partial charge in [-0.15, -0.1) is 0 Å². The number of benzene rings is 2. The van der Waals surface area contributed by atoms with E-state index in [1.165, 1.54) is 6.07 Å². The van der Waals surface area contributed by atoms with Gasteiger partial charge in [0.15, 0.2) is 0 Å². The van der Waals surface area contributed by atoms with Crippen LogP contribution in [0.15, 0.2) is 42.5 Å². The van der Waals surface area contributed by atoms with Crippen molar-refractivity contribution in [2.45, 2.75) is 26.4 Å². The van der Waals surface area contributed by atoms with E-state index in [2.05, 4.69) is 5.32 Å². The summed E-state index contributed by atoms with van der Waals surface area (Å²) in [6.07, 6.45) is 0. The third-order valence-electron chi connectivity index (χ3n) is 4.16. The molecule has 2 aromatic carbocycles. The van der Waals surface area contributed by atoms with Crippen molar-refractivity contribution in [2.24, 2.45) is 0 Å². The lowest BCUT2D eigenvalue weighted by atomic mass is 10.1. The molecule has 0 aliphatic rings. The van der Waals surface area contributed by atoms with Crippen molar-refractivity contribution in [3.8, 4) is 5.75 Å². The van der Waals surface area contributed by atoms with E-state index in [4.69, 9.17) is 4.74 Å². The Labute approximate surface area is 142 Å². The van der Waals surface area contributed by atoms with Crippen LogP contribution in [0.2, 0.25) is 0 Å². The lowest BCUT2D eigenvalue weighted by molar-refractivity contribution is 0.193. The fourth-order valence-corrected chi connectivity index (χ4v) is 2.52. The van der Waals surface area contributed by atoms with Gasteiger partial charge in [0, 0.05) is 19.2 Å². The second-order valence-corrected chi connectivity index (χ2v) is 5.77. The maximum Gasteiger partial charge on any atom is 0.317 e. The van der Waals surface area contributed by atoms with Gasteiger partial charge in [-0.3, -0.25) is 0 Å². The number of ether oxygens (including phenoxy) is 1. The van der Waals surface area contributed by atoms with E-state index in [1.54, 1.807) is 38.1 Å². The Hall–Kier alpha value is -2.56. The molecule has 0 saturated heterocycles. The number of hydrogen-bond donors (Lipinski definition) is 1. The van der Waals surface area contributed by atoms with Gasteiger partial charge in [0.05, 0.1) is 13.2 Å². The Kier molecular flexibility index (Phi) is 5.79. The fourth-order valence-electron chi connectivity index (χ4n) is 2.52. The van der Waals surface area contributed by atoms with Gasteiger partial charge in [-0.25, -0.2) is 9.18 Å². The summed E-state index contributed by atoms with van der Waals surface area (Å²) in [6.45, 7) is 4.00. The second kappa shape index (κ2) is 7.81. The highest BCUT2D eigenvalue weighted by Gasteiger charge is 2.20. The number of aryl methyl sites for hydroxylation is 1. The van der Waals surface area contributed by atoms with Gasteiger partial charge < -0.3 is 15.0 Å². The molecular formula is C19H23FN2O2. The van der Waals surface area contributed by atoms with E-state index in [0.29, 0.717) is 12.1 Å². The van der Waals surface area contributed by atoms with Crippen molar-refractivity contribution in [3.05, 3.63) is 65.0 Å². The van der Waals surface area contributed by atoms with Crippen LogP contribution in [-0.2, 0) is 6.54 Å². The molecule has 0 bridgehead atoms. The van der Waals surface area contributed by atoms with E-state index < -0.39 is 0 Å². The molecule has 0 aliphatic carbocycles. The highest BCUT2D eigenvalue weighted by molar-refractivity contribution is 5.74. The van der Waals surface area contributed by atoms with E-state index in [0.717, 1.165) is 16.9 Å². The van der Waals surface area contributed by atoms with Gasteiger partial charge in [-0.1, -0.05) is 30.3 Å². The molecule has 128 valence electrons. The van der Waals surface area contributed by atoms with Crippen molar-refractivity contribution in [1.82, 2.24) is 10.2 Å². The van der Waals surface area contributed by atoms with Crippen LogP contribution in [0, 0.1) is 12.7 Å². The predicted octanol–water partition coefficient (Wildman–Crippen LogP) is 4.05. The average Bonchev–Trinajstić information content (AvgIpc) is 2.61. The van der Waals surface area contributed by atoms with Crippen molar-refractivity contribution in [1.29, 1.82) is 0 Å². The zero-order valence-electron chi connectivity index (χ0n) is 14.5. The van der Waals surface area contributed by atoms with Crippen LogP contribution in [-0.4, -0.2) is 25.1 Å². The van der Waals surface area contributed by atoms with Crippen LogP contribution in [0.25, 0.3) is 0 Å². The van der Waals surface area contributed by atoms with E-state index >= 15 is 0 Å². The molecule has 0 spiro atoms. The summed E-state index contributed by atoms with van der Waals surface area (Å²) in [4.78, 5) is 14.0. The maximum absolute atomic E-state index is 13.3. The van der Waals surface area contributed by atoms with Crippen LogP contribution < -0.4 is 10.1 Å². The summed E-state index contributed by atoms with van der Waals surface area (Å²) >= 11 is 0. The summed E-state index contributed by atoms with van der Waals surface area (Å²) in [7, 11) is 3.35. The number of urea groups is 1. The SMILES string of the molecule is COc1ccccc1C(C)N(C)C(=O)NCc1ccc(F)c(C)c1. The first-order valence-electron chi connectivity index (χ1n) is 7.82. The van der Waals surface area contributed by atoms with Gasteiger partial charge in [-0.05, 0) is 37.1 Å². The lowest BCUT2D eigenvalue weighted by Crippen LogP contribution is -2.38. The minimum absolute atomic E-state index is 0.142. The van der Waals surface area contributed by atoms with Crippen LogP contribution in [0.1, 0.15) is 29.7 Å². The molecule has 2 rings (SSSR count). The van der Waals surface area contributed by atoms with Crippen LogP contribution in [0.4, 0.5) is 9.18 Å². The van der Waals surface area contributed by atoms with Crippen molar-refractivity contribution in [3.63, 3.8) is 0 Å². The molecule has 2 amide bonds. The molecule has 2 aromatic rings. The molecule has 0 fully saturated rings. The first-order chi connectivity index (χ1) is 11.4. The quantitative estimate of drug-likeness (QED) is 0.899. The van der Waals surface area contributed by atoms with Crippen LogP contribution in [0.3, 0.4) is 0 Å². The Morgan fingerprint density at radius 2 is 2.00 bits per heavy atom. The van der Waals surface area contributed by atoms with Gasteiger partial charge in [0.2, 0.25) is 0 Å². The molecule has 4 nitrogen and oxygen atoms in total. The molecule has 5 heteroatoms. The molecule has 0 heterocycles. The van der Waals surface area contributed by atoms with E-state index in [9.17, 15) is 9.18 Å². The number of halogens is 1. The molecule has 0 aromatic heterocycles. The number of amides is 2. The third kappa shape index (κ3) is 4.04. The van der Waals surface area contributed by atoms with Gasteiger partial charge in [0.1, 0.15) is 11.6 Å². The topological polar surface area (TPSA) is 41.6 Å². The van der Waals surface area contributed by atoms with Crippen LogP contribution >= 0.6 is 0 Å². The zero-order chi connectivity index (χ0) is 17.7. The third-order valence-corrected chi connectivity index (χ3v) is 4.16. The highest BCUT2D eigenvalue weighted by atomic mass is 19.1. The Morgan fingerprint density at radius 1 is 1.29 bits per heavy atom. The van der Waals surface area contributed by atoms with Gasteiger partial charge in [-0.2, -0.15) is 0 Å². The summed E-state index contributed by atoms with van der Waals surface area (Å²) in [6, 6.07) is 12.1. The summed E-state index contributed by atoms with van der Waals surface area (Å²) < 4.78 is 18.6. The molecule has 1 N–H and O–H groups in total. The Morgan fingerprint density at radius 3 is 2.67 bits per heavy atom. The summed E-state index contributed by atoms with van der Waals surface area (Å²) in [5.74, 6) is 0.505. The van der Waals surface area contributed by atoms with Crippen molar-refractivity contribution in [2.75, 3.05) is 14.2 Å². The van der Waals surface area contributed by atoms with Crippen LogP contribution in [0.5, 0.6) is 5.75 Å². The molecule has 1 unspecified atom stereocenters. The average molecular weight is 330 g/mol. The molecule has 0 aliphatic heterocycles. The molecule has 1 atom stereocenters. The number of hydrogen-bond acceptors (Lipinski definition) is 2. The molecule has 0 radical (unpaired) electrons. The number of nitrogens with zero attached hydrogens (tertiary/aromatic N) is 1. The number of methoxy groups -OCH3 is 1. The summed E-state index contributed by atoms with van der Waals surface area (Å²) in [5.41, 5.74) is 2.37. The van der Waals surface area contributed by atoms with E-state index in [-0.39, 0.29) is 17.9 Å². The van der Waals surface area contributed by atoms with E-state index in [1.807, 2.05) is 31.2 Å². The smallest absolute Gasteiger partial charge is 0.317 e.